The Hall–Kier alpha value is -0.280. The van der Waals surface area contributed by atoms with Gasteiger partial charge in [-0.2, -0.15) is 0 Å². The van der Waals surface area contributed by atoms with Crippen molar-refractivity contribution in [2.45, 2.75) is 38.7 Å². The van der Waals surface area contributed by atoms with Gasteiger partial charge in [-0.15, -0.1) is 0 Å². The average Bonchev–Trinajstić information content (AvgIpc) is 2.36. The zero-order valence-corrected chi connectivity index (χ0v) is 13.7. The van der Waals surface area contributed by atoms with E-state index < -0.39 is 5.60 Å². The van der Waals surface area contributed by atoms with Crippen LogP contribution in [0.2, 0.25) is 10.0 Å². The zero-order chi connectivity index (χ0) is 14.8. The number of rotatable bonds is 4. The number of nitrogens with zero attached hydrogens (tertiary/aromatic N) is 1. The van der Waals surface area contributed by atoms with Gasteiger partial charge < -0.3 is 10.0 Å². The van der Waals surface area contributed by atoms with Crippen LogP contribution in [0.5, 0.6) is 0 Å². The Morgan fingerprint density at radius 3 is 2.50 bits per heavy atom. The summed E-state index contributed by atoms with van der Waals surface area (Å²) in [5.74, 6) is 0.670. The van der Waals surface area contributed by atoms with Crippen molar-refractivity contribution in [3.8, 4) is 0 Å². The van der Waals surface area contributed by atoms with E-state index in [1.807, 2.05) is 6.07 Å². The molecule has 4 heteroatoms. The van der Waals surface area contributed by atoms with Gasteiger partial charge in [0.05, 0.1) is 5.60 Å². The van der Waals surface area contributed by atoms with Crippen LogP contribution in [-0.4, -0.2) is 35.2 Å². The van der Waals surface area contributed by atoms with Gasteiger partial charge in [0.25, 0.3) is 0 Å². The van der Waals surface area contributed by atoms with Crippen molar-refractivity contribution in [2.24, 2.45) is 5.92 Å². The van der Waals surface area contributed by atoms with E-state index in [4.69, 9.17) is 23.2 Å². The number of likely N-dealkylation sites (tertiary alicyclic amines) is 1. The quantitative estimate of drug-likeness (QED) is 0.907. The zero-order valence-electron chi connectivity index (χ0n) is 12.2. The molecule has 112 valence electrons. The summed E-state index contributed by atoms with van der Waals surface area (Å²) in [5.41, 5.74) is 0.293. The second kappa shape index (κ2) is 6.65. The Labute approximate surface area is 131 Å². The Morgan fingerprint density at radius 2 is 1.90 bits per heavy atom. The van der Waals surface area contributed by atoms with Crippen LogP contribution in [0.25, 0.3) is 0 Å². The maximum Gasteiger partial charge on any atom is 0.0712 e. The lowest BCUT2D eigenvalue weighted by Gasteiger charge is -2.39. The van der Waals surface area contributed by atoms with Crippen LogP contribution >= 0.6 is 23.2 Å². The molecule has 1 aliphatic rings. The molecule has 1 aliphatic heterocycles. The van der Waals surface area contributed by atoms with Crippen LogP contribution in [0, 0.1) is 5.92 Å². The van der Waals surface area contributed by atoms with Crippen molar-refractivity contribution in [1.82, 2.24) is 4.90 Å². The van der Waals surface area contributed by atoms with E-state index in [0.717, 1.165) is 38.0 Å². The van der Waals surface area contributed by atoms with Crippen LogP contribution in [0.1, 0.15) is 32.3 Å². The molecule has 2 rings (SSSR count). The molecule has 2 nitrogen and oxygen atoms in total. The topological polar surface area (TPSA) is 23.5 Å². The van der Waals surface area contributed by atoms with Crippen LogP contribution in [0.3, 0.4) is 0 Å². The molecular weight excluding hydrogens is 293 g/mol. The van der Waals surface area contributed by atoms with E-state index in [9.17, 15) is 5.11 Å². The SMILES string of the molecule is CC(C)CN1CCC(O)(Cc2cc(Cl)ccc2Cl)CC1. The molecule has 0 aromatic heterocycles. The minimum atomic E-state index is -0.651. The van der Waals surface area contributed by atoms with Gasteiger partial charge in [-0.3, -0.25) is 0 Å². The van der Waals surface area contributed by atoms with E-state index >= 15 is 0 Å². The van der Waals surface area contributed by atoms with E-state index in [-0.39, 0.29) is 0 Å². The van der Waals surface area contributed by atoms with Gasteiger partial charge >= 0.3 is 0 Å². The van der Waals surface area contributed by atoms with Crippen LogP contribution in [0.4, 0.5) is 0 Å². The van der Waals surface area contributed by atoms with E-state index in [2.05, 4.69) is 18.7 Å². The average molecular weight is 316 g/mol. The molecule has 1 aromatic carbocycles. The van der Waals surface area contributed by atoms with Crippen molar-refractivity contribution >= 4 is 23.2 Å². The third kappa shape index (κ3) is 4.36. The van der Waals surface area contributed by atoms with Gasteiger partial charge in [0.1, 0.15) is 0 Å². The smallest absolute Gasteiger partial charge is 0.0712 e. The summed E-state index contributed by atoms with van der Waals surface area (Å²) >= 11 is 12.2. The van der Waals surface area contributed by atoms with Gasteiger partial charge in [-0.25, -0.2) is 0 Å². The first-order valence-corrected chi connectivity index (χ1v) is 8.02. The van der Waals surface area contributed by atoms with Crippen molar-refractivity contribution in [3.63, 3.8) is 0 Å². The van der Waals surface area contributed by atoms with Crippen molar-refractivity contribution in [1.29, 1.82) is 0 Å². The fourth-order valence-corrected chi connectivity index (χ4v) is 3.26. The Kier molecular flexibility index (Phi) is 5.36. The Morgan fingerprint density at radius 1 is 1.25 bits per heavy atom. The number of hydrogen-bond acceptors (Lipinski definition) is 2. The fourth-order valence-electron chi connectivity index (χ4n) is 2.88. The number of benzene rings is 1. The number of piperidine rings is 1. The summed E-state index contributed by atoms with van der Waals surface area (Å²) in [7, 11) is 0. The van der Waals surface area contributed by atoms with Crippen molar-refractivity contribution in [2.75, 3.05) is 19.6 Å². The summed E-state index contributed by atoms with van der Waals surface area (Å²) in [6.07, 6.45) is 2.17. The first-order valence-electron chi connectivity index (χ1n) is 7.27. The molecule has 1 N–H and O–H groups in total. The van der Waals surface area contributed by atoms with Gasteiger partial charge in [0.2, 0.25) is 0 Å². The predicted molar refractivity (Wildman–Crippen MR) is 85.6 cm³/mol. The van der Waals surface area contributed by atoms with Crippen molar-refractivity contribution in [3.05, 3.63) is 33.8 Å². The normalized spacial score (nSPS) is 19.5. The monoisotopic (exact) mass is 315 g/mol. The lowest BCUT2D eigenvalue weighted by atomic mass is 9.85. The summed E-state index contributed by atoms with van der Waals surface area (Å²) in [5, 5.41) is 12.1. The highest BCUT2D eigenvalue weighted by atomic mass is 35.5. The first kappa shape index (κ1) is 16.1. The fraction of sp³-hybridized carbons (Fsp3) is 0.625. The van der Waals surface area contributed by atoms with Gasteiger partial charge in [-0.1, -0.05) is 37.0 Å². The van der Waals surface area contributed by atoms with Crippen molar-refractivity contribution < 1.29 is 5.11 Å². The molecule has 1 saturated heterocycles. The van der Waals surface area contributed by atoms with Crippen LogP contribution in [-0.2, 0) is 6.42 Å². The number of halogens is 2. The molecular formula is C16H23Cl2NO. The summed E-state index contributed by atoms with van der Waals surface area (Å²) < 4.78 is 0. The highest BCUT2D eigenvalue weighted by Crippen LogP contribution is 2.30. The number of aliphatic hydroxyl groups is 1. The molecule has 0 saturated carbocycles. The molecule has 0 atom stereocenters. The van der Waals surface area contributed by atoms with Crippen LogP contribution < -0.4 is 0 Å². The minimum Gasteiger partial charge on any atom is -0.389 e. The maximum absolute atomic E-state index is 10.8. The molecule has 1 fully saturated rings. The predicted octanol–water partition coefficient (Wildman–Crippen LogP) is 4.02. The van der Waals surface area contributed by atoms with E-state index in [1.54, 1.807) is 12.1 Å². The van der Waals surface area contributed by atoms with E-state index in [1.165, 1.54) is 0 Å². The number of hydrogen-bond donors (Lipinski definition) is 1. The van der Waals surface area contributed by atoms with Gasteiger partial charge in [0.15, 0.2) is 0 Å². The van der Waals surface area contributed by atoms with E-state index in [0.29, 0.717) is 22.4 Å². The molecule has 1 heterocycles. The standard InChI is InChI=1S/C16H23Cl2NO/c1-12(2)11-19-7-5-16(20,6-8-19)10-13-9-14(17)3-4-15(13)18/h3-4,9,12,20H,5-8,10-11H2,1-2H3. The molecule has 0 bridgehead atoms. The molecule has 0 radical (unpaired) electrons. The second-order valence-electron chi connectivity index (χ2n) is 6.33. The highest BCUT2D eigenvalue weighted by molar-refractivity contribution is 6.33. The lowest BCUT2D eigenvalue weighted by molar-refractivity contribution is -0.0227. The Bertz CT molecular complexity index is 454. The molecule has 0 spiro atoms. The largest absolute Gasteiger partial charge is 0.389 e. The van der Waals surface area contributed by atoms with Gasteiger partial charge in [-0.05, 0) is 42.5 Å². The lowest BCUT2D eigenvalue weighted by Crippen LogP contribution is -2.46. The second-order valence-corrected chi connectivity index (χ2v) is 7.17. The highest BCUT2D eigenvalue weighted by Gasteiger charge is 2.33. The van der Waals surface area contributed by atoms with Crippen LogP contribution in [0.15, 0.2) is 18.2 Å². The molecule has 0 unspecified atom stereocenters. The molecule has 0 amide bonds. The minimum absolute atomic E-state index is 0.585. The summed E-state index contributed by atoms with van der Waals surface area (Å²) in [4.78, 5) is 2.43. The molecule has 20 heavy (non-hydrogen) atoms. The summed E-state index contributed by atoms with van der Waals surface area (Å²) in [6, 6.07) is 5.45. The first-order chi connectivity index (χ1) is 9.38. The maximum atomic E-state index is 10.8. The third-order valence-electron chi connectivity index (χ3n) is 3.94. The molecule has 0 aliphatic carbocycles. The van der Waals surface area contributed by atoms with Gasteiger partial charge in [0, 0.05) is 36.1 Å². The summed E-state index contributed by atoms with van der Waals surface area (Å²) in [6.45, 7) is 7.47. The third-order valence-corrected chi connectivity index (χ3v) is 4.54. The Balaban J connectivity index is 1.98. The molecule has 1 aromatic rings.